The first-order valence-corrected chi connectivity index (χ1v) is 5.29. The van der Waals surface area contributed by atoms with Crippen LogP contribution < -0.4 is 5.73 Å². The second-order valence-electron chi connectivity index (χ2n) is 4.62. The van der Waals surface area contributed by atoms with Crippen LogP contribution in [0.4, 0.5) is 0 Å². The predicted octanol–water partition coefficient (Wildman–Crippen LogP) is 1.43. The maximum absolute atomic E-state index is 6.01. The second-order valence-corrected chi connectivity index (χ2v) is 4.62. The third kappa shape index (κ3) is 3.21. The third-order valence-electron chi connectivity index (χ3n) is 3.21. The molecule has 0 amide bonds. The monoisotopic (exact) mass is 256 g/mol. The van der Waals surface area contributed by atoms with Crippen LogP contribution in [-0.2, 0) is 4.74 Å². The predicted molar refractivity (Wildman–Crippen MR) is 67.1 cm³/mol. The number of morpholine rings is 1. The van der Waals surface area contributed by atoms with Gasteiger partial charge in [0.1, 0.15) is 0 Å². The number of fused-ring (bicyclic) bond motifs is 2. The molecule has 5 heteroatoms. The lowest BCUT2D eigenvalue weighted by molar-refractivity contribution is -0.0914. The first-order valence-electron chi connectivity index (χ1n) is 5.29. The number of nitrogens with two attached hydrogens (primary N) is 1. The molecular formula is C10H22Cl2N2O. The largest absolute Gasteiger partial charge is 0.378 e. The first kappa shape index (κ1) is 15.5. The highest BCUT2D eigenvalue weighted by Gasteiger charge is 2.38. The van der Waals surface area contributed by atoms with Gasteiger partial charge in [-0.3, -0.25) is 4.90 Å². The minimum atomic E-state index is 0. The van der Waals surface area contributed by atoms with Crippen LogP contribution in [0, 0.1) is 0 Å². The molecule has 2 saturated heterocycles. The Kier molecular flexibility index (Phi) is 6.45. The van der Waals surface area contributed by atoms with Crippen LogP contribution in [0.5, 0.6) is 0 Å². The van der Waals surface area contributed by atoms with Crippen molar-refractivity contribution in [2.45, 2.75) is 50.9 Å². The maximum atomic E-state index is 6.01. The molecule has 15 heavy (non-hydrogen) atoms. The topological polar surface area (TPSA) is 38.5 Å². The van der Waals surface area contributed by atoms with Crippen LogP contribution in [0.2, 0.25) is 0 Å². The highest BCUT2D eigenvalue weighted by Crippen LogP contribution is 2.28. The fourth-order valence-corrected chi connectivity index (χ4v) is 2.83. The SMILES string of the molecule is CC(C)N1C2COCC1CC(N)C2.Cl.Cl. The highest BCUT2D eigenvalue weighted by molar-refractivity contribution is 5.85. The number of ether oxygens (including phenoxy) is 1. The molecule has 2 aliphatic heterocycles. The molecule has 2 aliphatic rings. The zero-order valence-corrected chi connectivity index (χ0v) is 11.0. The zero-order valence-electron chi connectivity index (χ0n) is 9.39. The Bertz CT molecular complexity index is 178. The van der Waals surface area contributed by atoms with E-state index in [4.69, 9.17) is 10.5 Å². The minimum absolute atomic E-state index is 0. The normalized spacial score (nSPS) is 35.6. The summed E-state index contributed by atoms with van der Waals surface area (Å²) in [5.41, 5.74) is 6.01. The standard InChI is InChI=1S/C10H20N2O.2ClH/c1-7(2)12-9-3-8(11)4-10(12)6-13-5-9;;/h7-10H,3-6,11H2,1-2H3;2*1H. The van der Waals surface area contributed by atoms with Crippen molar-refractivity contribution in [2.75, 3.05) is 13.2 Å². The maximum Gasteiger partial charge on any atom is 0.0623 e. The van der Waals surface area contributed by atoms with Crippen LogP contribution in [0.25, 0.3) is 0 Å². The van der Waals surface area contributed by atoms with Gasteiger partial charge in [0.05, 0.1) is 13.2 Å². The molecule has 2 rings (SSSR count). The van der Waals surface area contributed by atoms with E-state index in [-0.39, 0.29) is 24.8 Å². The van der Waals surface area contributed by atoms with Crippen LogP contribution in [0.15, 0.2) is 0 Å². The molecule has 2 unspecified atom stereocenters. The van der Waals surface area contributed by atoms with Crippen LogP contribution in [0.3, 0.4) is 0 Å². The molecule has 0 saturated carbocycles. The van der Waals surface area contributed by atoms with E-state index < -0.39 is 0 Å². The summed E-state index contributed by atoms with van der Waals surface area (Å²) in [5, 5.41) is 0. The summed E-state index contributed by atoms with van der Waals surface area (Å²) in [6.07, 6.45) is 2.21. The van der Waals surface area contributed by atoms with E-state index in [1.165, 1.54) is 0 Å². The van der Waals surface area contributed by atoms with Gasteiger partial charge in [0, 0.05) is 24.2 Å². The van der Waals surface area contributed by atoms with E-state index in [2.05, 4.69) is 18.7 Å². The van der Waals surface area contributed by atoms with Crippen molar-refractivity contribution in [1.29, 1.82) is 0 Å². The number of piperidine rings is 1. The fourth-order valence-electron chi connectivity index (χ4n) is 2.83. The Balaban J connectivity index is 0.000000980. The Morgan fingerprint density at radius 3 is 2.00 bits per heavy atom. The molecule has 2 N–H and O–H groups in total. The molecule has 0 aliphatic carbocycles. The number of halogens is 2. The Labute approximate surface area is 105 Å². The zero-order chi connectivity index (χ0) is 9.42. The van der Waals surface area contributed by atoms with E-state index in [0.717, 1.165) is 26.1 Å². The number of hydrogen-bond donors (Lipinski definition) is 1. The molecule has 2 fully saturated rings. The molecule has 0 aromatic rings. The molecule has 2 atom stereocenters. The van der Waals surface area contributed by atoms with Gasteiger partial charge in [-0.15, -0.1) is 24.8 Å². The Hall–Kier alpha value is 0.460. The van der Waals surface area contributed by atoms with E-state index in [0.29, 0.717) is 24.2 Å². The summed E-state index contributed by atoms with van der Waals surface area (Å²) < 4.78 is 5.57. The molecule has 0 radical (unpaired) electrons. The van der Waals surface area contributed by atoms with Gasteiger partial charge in [0.25, 0.3) is 0 Å². The van der Waals surface area contributed by atoms with Gasteiger partial charge in [-0.1, -0.05) is 0 Å². The van der Waals surface area contributed by atoms with Crippen molar-refractivity contribution in [3.05, 3.63) is 0 Å². The molecule has 0 aromatic carbocycles. The van der Waals surface area contributed by atoms with Crippen molar-refractivity contribution < 1.29 is 4.74 Å². The summed E-state index contributed by atoms with van der Waals surface area (Å²) in [6.45, 7) is 6.29. The van der Waals surface area contributed by atoms with Gasteiger partial charge in [0.15, 0.2) is 0 Å². The Morgan fingerprint density at radius 1 is 1.13 bits per heavy atom. The van der Waals surface area contributed by atoms with Crippen molar-refractivity contribution in [3.8, 4) is 0 Å². The lowest BCUT2D eigenvalue weighted by Crippen LogP contribution is -2.61. The quantitative estimate of drug-likeness (QED) is 0.772. The van der Waals surface area contributed by atoms with Gasteiger partial charge in [-0.2, -0.15) is 0 Å². The summed E-state index contributed by atoms with van der Waals surface area (Å²) in [6, 6.07) is 2.17. The van der Waals surface area contributed by atoms with Gasteiger partial charge in [0.2, 0.25) is 0 Å². The molecule has 3 nitrogen and oxygen atoms in total. The van der Waals surface area contributed by atoms with Crippen molar-refractivity contribution in [3.63, 3.8) is 0 Å². The smallest absolute Gasteiger partial charge is 0.0623 e. The van der Waals surface area contributed by atoms with Crippen LogP contribution in [0.1, 0.15) is 26.7 Å². The number of rotatable bonds is 1. The number of nitrogens with zero attached hydrogens (tertiary/aromatic N) is 1. The molecular weight excluding hydrogens is 235 g/mol. The lowest BCUT2D eigenvalue weighted by atomic mass is 9.89. The average Bonchev–Trinajstić information content (AvgIpc) is 2.01. The summed E-state index contributed by atoms with van der Waals surface area (Å²) in [5.74, 6) is 0. The number of hydrogen-bond acceptors (Lipinski definition) is 3. The van der Waals surface area contributed by atoms with E-state index in [9.17, 15) is 0 Å². The summed E-state index contributed by atoms with van der Waals surface area (Å²) in [7, 11) is 0. The van der Waals surface area contributed by atoms with Crippen molar-refractivity contribution in [1.82, 2.24) is 4.90 Å². The van der Waals surface area contributed by atoms with E-state index in [1.807, 2.05) is 0 Å². The van der Waals surface area contributed by atoms with Gasteiger partial charge in [-0.05, 0) is 26.7 Å². The molecule has 2 bridgehead atoms. The average molecular weight is 257 g/mol. The molecule has 0 aromatic heterocycles. The Morgan fingerprint density at radius 2 is 1.60 bits per heavy atom. The van der Waals surface area contributed by atoms with E-state index in [1.54, 1.807) is 0 Å². The van der Waals surface area contributed by atoms with Crippen molar-refractivity contribution >= 4 is 24.8 Å². The minimum Gasteiger partial charge on any atom is -0.378 e. The van der Waals surface area contributed by atoms with Crippen LogP contribution >= 0.6 is 24.8 Å². The highest BCUT2D eigenvalue weighted by atomic mass is 35.5. The van der Waals surface area contributed by atoms with E-state index >= 15 is 0 Å². The van der Waals surface area contributed by atoms with Gasteiger partial charge < -0.3 is 10.5 Å². The molecule has 92 valence electrons. The first-order chi connectivity index (χ1) is 6.18. The van der Waals surface area contributed by atoms with Gasteiger partial charge in [-0.25, -0.2) is 0 Å². The second kappa shape index (κ2) is 6.26. The summed E-state index contributed by atoms with van der Waals surface area (Å²) >= 11 is 0. The van der Waals surface area contributed by atoms with Crippen molar-refractivity contribution in [2.24, 2.45) is 5.73 Å². The lowest BCUT2D eigenvalue weighted by Gasteiger charge is -2.49. The third-order valence-corrected chi connectivity index (χ3v) is 3.21. The van der Waals surface area contributed by atoms with Gasteiger partial charge >= 0.3 is 0 Å². The summed E-state index contributed by atoms with van der Waals surface area (Å²) in [4.78, 5) is 2.59. The fraction of sp³-hybridized carbons (Fsp3) is 1.00. The molecule has 0 spiro atoms. The molecule has 2 heterocycles. The van der Waals surface area contributed by atoms with Crippen LogP contribution in [-0.4, -0.2) is 42.3 Å².